The molecule has 0 fully saturated rings. The molecular weight excluding hydrogens is 288 g/mol. The van der Waals surface area contributed by atoms with Crippen LogP contribution in [-0.4, -0.2) is 13.1 Å². The smallest absolute Gasteiger partial charge is 0.129 e. The van der Waals surface area contributed by atoms with Gasteiger partial charge in [0.15, 0.2) is 0 Å². The van der Waals surface area contributed by atoms with Gasteiger partial charge in [0, 0.05) is 22.4 Å². The lowest BCUT2D eigenvalue weighted by Gasteiger charge is -2.31. The fraction of sp³-hybridized carbons (Fsp3) is 0.412. The SMILES string of the molecule is CNC(Cc1c(F)cccc1F)C1CCCc2sccc21. The van der Waals surface area contributed by atoms with Crippen LogP contribution in [0.5, 0.6) is 0 Å². The van der Waals surface area contributed by atoms with Gasteiger partial charge >= 0.3 is 0 Å². The summed E-state index contributed by atoms with van der Waals surface area (Å²) in [4.78, 5) is 1.43. The highest BCUT2D eigenvalue weighted by molar-refractivity contribution is 7.10. The second-order valence-electron chi connectivity index (χ2n) is 5.60. The molecule has 112 valence electrons. The molecule has 1 aromatic heterocycles. The summed E-state index contributed by atoms with van der Waals surface area (Å²) in [7, 11) is 1.88. The van der Waals surface area contributed by atoms with Crippen molar-refractivity contribution in [2.75, 3.05) is 7.05 Å². The zero-order chi connectivity index (χ0) is 14.8. The van der Waals surface area contributed by atoms with Crippen molar-refractivity contribution in [1.82, 2.24) is 5.32 Å². The average Bonchev–Trinajstić information content (AvgIpc) is 2.96. The van der Waals surface area contributed by atoms with Gasteiger partial charge in [-0.15, -0.1) is 11.3 Å². The number of hydrogen-bond donors (Lipinski definition) is 1. The van der Waals surface area contributed by atoms with Crippen LogP contribution < -0.4 is 5.32 Å². The highest BCUT2D eigenvalue weighted by atomic mass is 32.1. The summed E-state index contributed by atoms with van der Waals surface area (Å²) >= 11 is 1.79. The number of rotatable bonds is 4. The number of likely N-dealkylation sites (N-methyl/N-ethyl adjacent to an activating group) is 1. The van der Waals surface area contributed by atoms with Crippen molar-refractivity contribution in [1.29, 1.82) is 0 Å². The maximum atomic E-state index is 13.9. The summed E-state index contributed by atoms with van der Waals surface area (Å²) in [5.41, 5.74) is 1.56. The number of fused-ring (bicyclic) bond motifs is 1. The number of halogens is 2. The topological polar surface area (TPSA) is 12.0 Å². The standard InChI is InChI=1S/C17H19F2NS/c1-20-16(10-13-14(18)5-3-6-15(13)19)11-4-2-7-17-12(11)8-9-21-17/h3,5-6,8-9,11,16,20H,2,4,7,10H2,1H3. The molecule has 1 aromatic carbocycles. The Balaban J connectivity index is 1.87. The van der Waals surface area contributed by atoms with Crippen LogP contribution in [0.2, 0.25) is 0 Å². The molecule has 0 spiro atoms. The first-order valence-corrected chi connectivity index (χ1v) is 8.25. The van der Waals surface area contributed by atoms with Gasteiger partial charge in [0.25, 0.3) is 0 Å². The molecule has 1 nitrogen and oxygen atoms in total. The summed E-state index contributed by atoms with van der Waals surface area (Å²) < 4.78 is 27.8. The van der Waals surface area contributed by atoms with Crippen molar-refractivity contribution in [3.05, 3.63) is 57.3 Å². The van der Waals surface area contributed by atoms with Crippen LogP contribution in [0.25, 0.3) is 0 Å². The van der Waals surface area contributed by atoms with Crippen LogP contribution in [0.4, 0.5) is 8.78 Å². The zero-order valence-corrected chi connectivity index (χ0v) is 12.9. The van der Waals surface area contributed by atoms with Gasteiger partial charge < -0.3 is 5.32 Å². The molecule has 0 bridgehead atoms. The Labute approximate surface area is 128 Å². The van der Waals surface area contributed by atoms with Crippen LogP contribution in [0, 0.1) is 11.6 Å². The monoisotopic (exact) mass is 307 g/mol. The van der Waals surface area contributed by atoms with Crippen LogP contribution in [-0.2, 0) is 12.8 Å². The Hall–Kier alpha value is -1.26. The average molecular weight is 307 g/mol. The lowest BCUT2D eigenvalue weighted by atomic mass is 9.80. The fourth-order valence-corrected chi connectivity index (χ4v) is 4.33. The molecule has 1 aliphatic rings. The molecule has 0 saturated carbocycles. The van der Waals surface area contributed by atoms with Crippen LogP contribution in [0.15, 0.2) is 29.6 Å². The summed E-state index contributed by atoms with van der Waals surface area (Å²) in [5.74, 6) is -0.558. The largest absolute Gasteiger partial charge is 0.316 e. The Kier molecular flexibility index (Phi) is 4.36. The van der Waals surface area contributed by atoms with Crippen LogP contribution >= 0.6 is 11.3 Å². The Morgan fingerprint density at radius 2 is 2.05 bits per heavy atom. The summed E-state index contributed by atoms with van der Waals surface area (Å²) in [5, 5.41) is 5.40. The van der Waals surface area contributed by atoms with Gasteiger partial charge in [0.2, 0.25) is 0 Å². The van der Waals surface area contributed by atoms with Crippen molar-refractivity contribution >= 4 is 11.3 Å². The normalized spacial score (nSPS) is 19.3. The van der Waals surface area contributed by atoms with Crippen LogP contribution in [0.3, 0.4) is 0 Å². The third-order valence-corrected chi connectivity index (χ3v) is 5.44. The number of thiophene rings is 1. The van der Waals surface area contributed by atoms with E-state index in [9.17, 15) is 8.78 Å². The first-order valence-electron chi connectivity index (χ1n) is 7.37. The van der Waals surface area contributed by atoms with Gasteiger partial charge in [-0.25, -0.2) is 8.78 Å². The third kappa shape index (κ3) is 2.87. The van der Waals surface area contributed by atoms with Crippen molar-refractivity contribution in [2.24, 2.45) is 0 Å². The number of hydrogen-bond acceptors (Lipinski definition) is 2. The second-order valence-corrected chi connectivity index (χ2v) is 6.60. The zero-order valence-electron chi connectivity index (χ0n) is 12.0. The van der Waals surface area contributed by atoms with Gasteiger partial charge in [-0.3, -0.25) is 0 Å². The van der Waals surface area contributed by atoms with E-state index in [-0.39, 0.29) is 11.6 Å². The Bertz CT molecular complexity index is 603. The van der Waals surface area contributed by atoms with E-state index in [2.05, 4.69) is 16.8 Å². The molecule has 0 amide bonds. The van der Waals surface area contributed by atoms with Gasteiger partial charge in [-0.1, -0.05) is 6.07 Å². The third-order valence-electron chi connectivity index (χ3n) is 4.44. The van der Waals surface area contributed by atoms with Crippen molar-refractivity contribution in [3.8, 4) is 0 Å². The van der Waals surface area contributed by atoms with E-state index in [0.29, 0.717) is 12.3 Å². The molecule has 0 aliphatic heterocycles. The molecule has 2 unspecified atom stereocenters. The molecule has 4 heteroatoms. The molecule has 2 aromatic rings. The number of aryl methyl sites for hydroxylation is 1. The van der Waals surface area contributed by atoms with E-state index >= 15 is 0 Å². The number of benzene rings is 1. The minimum Gasteiger partial charge on any atom is -0.316 e. The van der Waals surface area contributed by atoms with Gasteiger partial charge in [-0.05, 0) is 61.9 Å². The minimum absolute atomic E-state index is 0.0602. The van der Waals surface area contributed by atoms with E-state index in [1.54, 1.807) is 11.3 Å². The van der Waals surface area contributed by atoms with E-state index in [1.807, 2.05) is 7.05 Å². The lowest BCUT2D eigenvalue weighted by molar-refractivity contribution is 0.402. The fourth-order valence-electron chi connectivity index (χ4n) is 3.33. The number of nitrogens with one attached hydrogen (secondary N) is 1. The maximum absolute atomic E-state index is 13.9. The molecule has 2 atom stereocenters. The van der Waals surface area contributed by atoms with E-state index in [1.165, 1.54) is 28.6 Å². The van der Waals surface area contributed by atoms with Gasteiger partial charge in [0.05, 0.1) is 0 Å². The predicted octanol–water partition coefficient (Wildman–Crippen LogP) is 4.28. The molecule has 1 heterocycles. The maximum Gasteiger partial charge on any atom is 0.129 e. The molecule has 0 saturated heterocycles. The van der Waals surface area contributed by atoms with Crippen molar-refractivity contribution in [3.63, 3.8) is 0 Å². The van der Waals surface area contributed by atoms with Gasteiger partial charge in [-0.2, -0.15) is 0 Å². The highest BCUT2D eigenvalue weighted by Gasteiger charge is 2.29. The minimum atomic E-state index is -0.448. The van der Waals surface area contributed by atoms with Gasteiger partial charge in [0.1, 0.15) is 11.6 Å². The highest BCUT2D eigenvalue weighted by Crippen LogP contribution is 2.38. The molecule has 3 rings (SSSR count). The Morgan fingerprint density at radius 3 is 2.76 bits per heavy atom. The summed E-state index contributed by atoms with van der Waals surface area (Å²) in [6.07, 6.45) is 3.74. The molecule has 1 aliphatic carbocycles. The molecular formula is C17H19F2NS. The van der Waals surface area contributed by atoms with Crippen molar-refractivity contribution in [2.45, 2.75) is 37.6 Å². The molecule has 21 heavy (non-hydrogen) atoms. The van der Waals surface area contributed by atoms with E-state index < -0.39 is 11.6 Å². The lowest BCUT2D eigenvalue weighted by Crippen LogP contribution is -2.36. The van der Waals surface area contributed by atoms with Crippen molar-refractivity contribution < 1.29 is 8.78 Å². The molecule has 0 radical (unpaired) electrons. The first-order chi connectivity index (χ1) is 10.2. The summed E-state index contributed by atoms with van der Waals surface area (Å²) in [6, 6.07) is 6.32. The second kappa shape index (κ2) is 6.24. The van der Waals surface area contributed by atoms with E-state index in [4.69, 9.17) is 0 Å². The Morgan fingerprint density at radius 1 is 1.29 bits per heavy atom. The molecule has 1 N–H and O–H groups in total. The summed E-state index contributed by atoms with van der Waals surface area (Å²) in [6.45, 7) is 0. The first kappa shape index (κ1) is 14.7. The van der Waals surface area contributed by atoms with Crippen LogP contribution in [0.1, 0.15) is 34.8 Å². The van der Waals surface area contributed by atoms with E-state index in [0.717, 1.165) is 19.3 Å². The predicted molar refractivity (Wildman–Crippen MR) is 82.9 cm³/mol. The quantitative estimate of drug-likeness (QED) is 0.889.